The lowest BCUT2D eigenvalue weighted by Crippen LogP contribution is -2.56. The maximum atomic E-state index is 13.5. The SMILES string of the molecule is CCCCOC(=O)N1CCN(C(=O)[C@H](CP(=O)(O)O)NC(=O)c2cc(N3CCCC3)cc(-c3ccccc3)n2)CC1. The molecule has 0 spiro atoms. The van der Waals surface area contributed by atoms with Gasteiger partial charge in [-0.2, -0.15) is 0 Å². The number of anilines is 1. The summed E-state index contributed by atoms with van der Waals surface area (Å²) in [5.74, 6) is -1.33. The minimum atomic E-state index is -4.68. The zero-order chi connectivity index (χ0) is 29.4. The molecule has 2 fully saturated rings. The fourth-order valence-corrected chi connectivity index (χ4v) is 5.65. The van der Waals surface area contributed by atoms with E-state index in [2.05, 4.69) is 15.2 Å². The number of piperazine rings is 1. The first-order chi connectivity index (χ1) is 19.6. The third kappa shape index (κ3) is 8.51. The lowest BCUT2D eigenvalue weighted by atomic mass is 10.1. The van der Waals surface area contributed by atoms with Crippen molar-refractivity contribution in [2.75, 3.05) is 56.9 Å². The summed E-state index contributed by atoms with van der Waals surface area (Å²) in [6.07, 6.45) is 2.42. The molecule has 0 radical (unpaired) electrons. The summed E-state index contributed by atoms with van der Waals surface area (Å²) in [5, 5.41) is 2.54. The van der Waals surface area contributed by atoms with Gasteiger partial charge in [0.15, 0.2) is 0 Å². The number of aromatic nitrogens is 1. The second kappa shape index (κ2) is 13.9. The monoisotopic (exact) mass is 587 g/mol. The van der Waals surface area contributed by atoms with Crippen molar-refractivity contribution in [2.45, 2.75) is 38.6 Å². The maximum absolute atomic E-state index is 13.5. The smallest absolute Gasteiger partial charge is 0.409 e. The highest BCUT2D eigenvalue weighted by Gasteiger charge is 2.35. The first-order valence-corrected chi connectivity index (χ1v) is 15.8. The standard InChI is InChI=1S/C28H38N5O7P/c1-2-3-17-40-28(36)33-15-13-32(14-16-33)27(35)25(20-41(37,38)39)30-26(34)24-19-22(31-11-7-8-12-31)18-23(29-24)21-9-5-4-6-10-21/h4-6,9-10,18-19,25H,2-3,7-8,11-17,20H2,1H3,(H,30,34)(H2,37,38,39)/t25-/m0/s1. The van der Waals surface area contributed by atoms with E-state index in [9.17, 15) is 28.7 Å². The van der Waals surface area contributed by atoms with Gasteiger partial charge in [0.25, 0.3) is 5.91 Å². The van der Waals surface area contributed by atoms with E-state index >= 15 is 0 Å². The number of hydrogen-bond donors (Lipinski definition) is 3. The van der Waals surface area contributed by atoms with Crippen LogP contribution in [0, 0.1) is 0 Å². The van der Waals surface area contributed by atoms with Gasteiger partial charge in [-0.3, -0.25) is 14.2 Å². The number of benzene rings is 1. The van der Waals surface area contributed by atoms with Gasteiger partial charge in [0.05, 0.1) is 18.5 Å². The Balaban J connectivity index is 1.50. The van der Waals surface area contributed by atoms with Crippen LogP contribution in [-0.2, 0) is 14.1 Å². The maximum Gasteiger partial charge on any atom is 0.409 e. The van der Waals surface area contributed by atoms with E-state index in [1.165, 1.54) is 9.80 Å². The third-order valence-electron chi connectivity index (χ3n) is 7.18. The number of unbranched alkanes of at least 4 members (excludes halogenated alkanes) is 1. The Kier molecular flexibility index (Phi) is 10.4. The highest BCUT2D eigenvalue weighted by molar-refractivity contribution is 7.51. The molecular weight excluding hydrogens is 549 g/mol. The predicted molar refractivity (Wildman–Crippen MR) is 154 cm³/mol. The molecule has 222 valence electrons. The van der Waals surface area contributed by atoms with Gasteiger partial charge in [0, 0.05) is 50.5 Å². The highest BCUT2D eigenvalue weighted by Crippen LogP contribution is 2.35. The third-order valence-corrected chi connectivity index (χ3v) is 8.02. The molecule has 2 aromatic rings. The molecule has 4 rings (SSSR count). The molecule has 41 heavy (non-hydrogen) atoms. The van der Waals surface area contributed by atoms with E-state index in [-0.39, 0.29) is 31.9 Å². The molecule has 3 N–H and O–H groups in total. The van der Waals surface area contributed by atoms with Crippen molar-refractivity contribution in [3.8, 4) is 11.3 Å². The Morgan fingerprint density at radius 3 is 2.29 bits per heavy atom. The number of amides is 3. The van der Waals surface area contributed by atoms with Crippen molar-refractivity contribution in [1.29, 1.82) is 0 Å². The molecule has 1 aromatic heterocycles. The normalized spacial score (nSPS) is 16.4. The molecule has 1 aromatic carbocycles. The summed E-state index contributed by atoms with van der Waals surface area (Å²) in [6.45, 7) is 4.73. The minimum absolute atomic E-state index is 0.0522. The van der Waals surface area contributed by atoms with E-state index in [1.54, 1.807) is 6.07 Å². The molecule has 2 saturated heterocycles. The molecular formula is C28H38N5O7P. The summed E-state index contributed by atoms with van der Waals surface area (Å²) in [5.41, 5.74) is 2.27. The zero-order valence-corrected chi connectivity index (χ0v) is 24.2. The van der Waals surface area contributed by atoms with Crippen LogP contribution in [0.5, 0.6) is 0 Å². The fourth-order valence-electron chi connectivity index (χ4n) is 4.93. The molecule has 0 saturated carbocycles. The van der Waals surface area contributed by atoms with Crippen LogP contribution in [0.1, 0.15) is 43.1 Å². The van der Waals surface area contributed by atoms with Gasteiger partial charge in [0.2, 0.25) is 5.91 Å². The van der Waals surface area contributed by atoms with Gasteiger partial charge in [-0.1, -0.05) is 43.7 Å². The summed E-state index contributed by atoms with van der Waals surface area (Å²) in [7, 11) is -4.68. The van der Waals surface area contributed by atoms with Gasteiger partial charge >= 0.3 is 13.7 Å². The Labute approximate surface area is 239 Å². The van der Waals surface area contributed by atoms with Crippen LogP contribution in [0.3, 0.4) is 0 Å². The summed E-state index contributed by atoms with van der Waals surface area (Å²) in [6, 6.07) is 11.5. The van der Waals surface area contributed by atoms with Gasteiger partial charge < -0.3 is 34.5 Å². The first-order valence-electron chi connectivity index (χ1n) is 14.0. The molecule has 1 atom stereocenters. The number of nitrogens with zero attached hydrogens (tertiary/aromatic N) is 4. The van der Waals surface area contributed by atoms with Crippen molar-refractivity contribution in [3.63, 3.8) is 0 Å². The largest absolute Gasteiger partial charge is 0.449 e. The number of carbonyl (C=O) groups excluding carboxylic acids is 3. The summed E-state index contributed by atoms with van der Waals surface area (Å²) >= 11 is 0. The van der Waals surface area contributed by atoms with Crippen LogP contribution in [0.25, 0.3) is 11.3 Å². The van der Waals surface area contributed by atoms with E-state index in [0.29, 0.717) is 12.3 Å². The predicted octanol–water partition coefficient (Wildman–Crippen LogP) is 2.71. The van der Waals surface area contributed by atoms with Crippen LogP contribution in [0.15, 0.2) is 42.5 Å². The molecule has 0 bridgehead atoms. The molecule has 0 unspecified atom stereocenters. The Bertz CT molecular complexity index is 1260. The molecule has 3 amide bonds. The lowest BCUT2D eigenvalue weighted by molar-refractivity contribution is -0.134. The first kappa shape index (κ1) is 30.5. The van der Waals surface area contributed by atoms with Crippen molar-refractivity contribution in [1.82, 2.24) is 20.1 Å². The second-order valence-electron chi connectivity index (χ2n) is 10.3. The quantitative estimate of drug-likeness (QED) is 0.281. The molecule has 3 heterocycles. The Morgan fingerprint density at radius 2 is 1.66 bits per heavy atom. The average molecular weight is 588 g/mol. The number of rotatable bonds is 10. The number of hydrogen-bond acceptors (Lipinski definition) is 7. The lowest BCUT2D eigenvalue weighted by Gasteiger charge is -2.36. The van der Waals surface area contributed by atoms with Crippen LogP contribution in [-0.4, -0.2) is 101 Å². The molecule has 2 aliphatic rings. The van der Waals surface area contributed by atoms with Crippen LogP contribution in [0.4, 0.5) is 10.5 Å². The molecule has 13 heteroatoms. The summed E-state index contributed by atoms with van der Waals surface area (Å²) < 4.78 is 17.2. The Hall–Kier alpha value is -3.47. The topological polar surface area (TPSA) is 153 Å². The highest BCUT2D eigenvalue weighted by atomic mass is 31.2. The molecule has 2 aliphatic heterocycles. The van der Waals surface area contributed by atoms with E-state index < -0.39 is 37.7 Å². The van der Waals surface area contributed by atoms with Crippen LogP contribution in [0.2, 0.25) is 0 Å². The number of pyridine rings is 1. The van der Waals surface area contributed by atoms with E-state index in [1.807, 2.05) is 43.3 Å². The van der Waals surface area contributed by atoms with Crippen molar-refractivity contribution in [2.24, 2.45) is 0 Å². The van der Waals surface area contributed by atoms with Crippen LogP contribution < -0.4 is 10.2 Å². The van der Waals surface area contributed by atoms with Crippen LogP contribution >= 0.6 is 7.60 Å². The van der Waals surface area contributed by atoms with Crippen molar-refractivity contribution < 1.29 is 33.5 Å². The molecule has 0 aliphatic carbocycles. The number of nitrogens with one attached hydrogen (secondary N) is 1. The van der Waals surface area contributed by atoms with Gasteiger partial charge in [0.1, 0.15) is 11.7 Å². The van der Waals surface area contributed by atoms with Gasteiger partial charge in [-0.25, -0.2) is 9.78 Å². The zero-order valence-electron chi connectivity index (χ0n) is 23.3. The number of carbonyl (C=O) groups is 3. The van der Waals surface area contributed by atoms with E-state index in [4.69, 9.17) is 4.74 Å². The Morgan fingerprint density at radius 1 is 1.00 bits per heavy atom. The second-order valence-corrected chi connectivity index (χ2v) is 12.0. The van der Waals surface area contributed by atoms with E-state index in [0.717, 1.165) is 50.0 Å². The van der Waals surface area contributed by atoms with Crippen molar-refractivity contribution in [3.05, 3.63) is 48.2 Å². The molecule has 12 nitrogen and oxygen atoms in total. The summed E-state index contributed by atoms with van der Waals surface area (Å²) in [4.78, 5) is 68.1. The minimum Gasteiger partial charge on any atom is -0.449 e. The van der Waals surface area contributed by atoms with Gasteiger partial charge in [-0.15, -0.1) is 0 Å². The van der Waals surface area contributed by atoms with Gasteiger partial charge in [-0.05, 0) is 31.4 Å². The average Bonchev–Trinajstić information content (AvgIpc) is 3.51. The fraction of sp³-hybridized carbons (Fsp3) is 0.500. The number of ether oxygens (including phenoxy) is 1. The van der Waals surface area contributed by atoms with Crippen molar-refractivity contribution >= 4 is 31.2 Å².